The molecule has 0 bridgehead atoms. The number of nitrogen functional groups attached to an aromatic ring is 1. The van der Waals surface area contributed by atoms with E-state index in [-0.39, 0.29) is 11.7 Å². The van der Waals surface area contributed by atoms with Crippen molar-refractivity contribution in [3.63, 3.8) is 0 Å². The normalized spacial score (nSPS) is 10.5. The SMILES string of the molecule is C=CCn1c(N)nnc1SCC(=O)Nc1ccc(C)c(C)c1. The lowest BCUT2D eigenvalue weighted by Gasteiger charge is -2.08. The molecule has 0 aliphatic carbocycles. The highest BCUT2D eigenvalue weighted by molar-refractivity contribution is 7.99. The Bertz CT molecular complexity index is 695. The molecule has 0 saturated heterocycles. The van der Waals surface area contributed by atoms with Gasteiger partial charge in [-0.05, 0) is 37.1 Å². The van der Waals surface area contributed by atoms with Crippen molar-refractivity contribution >= 4 is 29.3 Å². The van der Waals surface area contributed by atoms with Gasteiger partial charge in [0.15, 0.2) is 5.16 Å². The zero-order valence-electron chi connectivity index (χ0n) is 12.7. The number of rotatable bonds is 6. The third kappa shape index (κ3) is 3.88. The Kier molecular flexibility index (Phi) is 5.21. The van der Waals surface area contributed by atoms with Crippen molar-refractivity contribution in [2.45, 2.75) is 25.5 Å². The van der Waals surface area contributed by atoms with Gasteiger partial charge in [0.25, 0.3) is 0 Å². The molecule has 0 atom stereocenters. The van der Waals surface area contributed by atoms with E-state index in [4.69, 9.17) is 5.73 Å². The largest absolute Gasteiger partial charge is 0.368 e. The first-order valence-electron chi connectivity index (χ1n) is 6.80. The number of aromatic nitrogens is 3. The molecule has 1 heterocycles. The number of nitrogens with two attached hydrogens (primary N) is 1. The van der Waals surface area contributed by atoms with Gasteiger partial charge in [0.1, 0.15) is 0 Å². The second kappa shape index (κ2) is 7.13. The molecule has 1 amide bonds. The van der Waals surface area contributed by atoms with Gasteiger partial charge in [0, 0.05) is 12.2 Å². The molecule has 0 aliphatic heterocycles. The third-order valence-corrected chi connectivity index (χ3v) is 4.15. The van der Waals surface area contributed by atoms with Crippen LogP contribution in [0.5, 0.6) is 0 Å². The monoisotopic (exact) mass is 317 g/mol. The minimum absolute atomic E-state index is 0.0972. The average molecular weight is 317 g/mol. The summed E-state index contributed by atoms with van der Waals surface area (Å²) in [6.07, 6.45) is 1.71. The average Bonchev–Trinajstić information content (AvgIpc) is 2.82. The molecule has 1 aromatic carbocycles. The maximum Gasteiger partial charge on any atom is 0.234 e. The molecule has 116 valence electrons. The highest BCUT2D eigenvalue weighted by atomic mass is 32.2. The van der Waals surface area contributed by atoms with Crippen LogP contribution in [0.3, 0.4) is 0 Å². The fourth-order valence-electron chi connectivity index (χ4n) is 1.85. The van der Waals surface area contributed by atoms with Gasteiger partial charge in [-0.1, -0.05) is 23.9 Å². The quantitative estimate of drug-likeness (QED) is 0.631. The molecule has 22 heavy (non-hydrogen) atoms. The van der Waals surface area contributed by atoms with Crippen LogP contribution in [0.1, 0.15) is 11.1 Å². The molecule has 2 rings (SSSR count). The number of nitrogens with zero attached hydrogens (tertiary/aromatic N) is 3. The summed E-state index contributed by atoms with van der Waals surface area (Å²) in [6.45, 7) is 8.23. The van der Waals surface area contributed by atoms with Gasteiger partial charge < -0.3 is 11.1 Å². The first kappa shape index (κ1) is 16.1. The van der Waals surface area contributed by atoms with Crippen molar-refractivity contribution in [2.75, 3.05) is 16.8 Å². The summed E-state index contributed by atoms with van der Waals surface area (Å²) >= 11 is 1.29. The van der Waals surface area contributed by atoms with Gasteiger partial charge in [0.2, 0.25) is 11.9 Å². The number of benzene rings is 1. The number of thioether (sulfide) groups is 1. The van der Waals surface area contributed by atoms with Gasteiger partial charge in [-0.3, -0.25) is 9.36 Å². The van der Waals surface area contributed by atoms with Crippen molar-refractivity contribution in [1.82, 2.24) is 14.8 Å². The van der Waals surface area contributed by atoms with E-state index in [0.29, 0.717) is 17.6 Å². The Hall–Kier alpha value is -2.28. The zero-order chi connectivity index (χ0) is 16.1. The molecule has 2 aromatic rings. The topological polar surface area (TPSA) is 85.8 Å². The lowest BCUT2D eigenvalue weighted by atomic mass is 10.1. The molecule has 0 saturated carbocycles. The van der Waals surface area contributed by atoms with E-state index in [9.17, 15) is 4.79 Å². The first-order valence-corrected chi connectivity index (χ1v) is 7.79. The fraction of sp³-hybridized carbons (Fsp3) is 0.267. The highest BCUT2D eigenvalue weighted by Gasteiger charge is 2.11. The van der Waals surface area contributed by atoms with E-state index in [2.05, 4.69) is 22.1 Å². The summed E-state index contributed by atoms with van der Waals surface area (Å²) in [4.78, 5) is 12.0. The summed E-state index contributed by atoms with van der Waals surface area (Å²) < 4.78 is 1.71. The molecule has 0 radical (unpaired) electrons. The molecule has 6 nitrogen and oxygen atoms in total. The van der Waals surface area contributed by atoms with Crippen LogP contribution in [0.25, 0.3) is 0 Å². The summed E-state index contributed by atoms with van der Waals surface area (Å²) in [5.74, 6) is 0.458. The summed E-state index contributed by atoms with van der Waals surface area (Å²) in [5.41, 5.74) is 8.85. The second-order valence-electron chi connectivity index (χ2n) is 4.88. The molecular weight excluding hydrogens is 298 g/mol. The minimum atomic E-state index is -0.0972. The number of hydrogen-bond donors (Lipinski definition) is 2. The van der Waals surface area contributed by atoms with Gasteiger partial charge >= 0.3 is 0 Å². The molecule has 0 aliphatic rings. The van der Waals surface area contributed by atoms with E-state index in [0.717, 1.165) is 11.3 Å². The van der Waals surface area contributed by atoms with Crippen LogP contribution in [0.4, 0.5) is 11.6 Å². The van der Waals surface area contributed by atoms with E-state index in [1.54, 1.807) is 10.6 Å². The van der Waals surface area contributed by atoms with Crippen molar-refractivity contribution in [3.05, 3.63) is 42.0 Å². The second-order valence-corrected chi connectivity index (χ2v) is 5.82. The molecule has 3 N–H and O–H groups in total. The van der Waals surface area contributed by atoms with Gasteiger partial charge in [-0.15, -0.1) is 16.8 Å². The number of allylic oxidation sites excluding steroid dienone is 1. The molecule has 7 heteroatoms. The van der Waals surface area contributed by atoms with Gasteiger partial charge in [0.05, 0.1) is 5.75 Å². The first-order chi connectivity index (χ1) is 10.5. The number of hydrogen-bond acceptors (Lipinski definition) is 5. The maximum atomic E-state index is 12.0. The Morgan fingerprint density at radius 3 is 2.86 bits per heavy atom. The van der Waals surface area contributed by atoms with Crippen LogP contribution in [0, 0.1) is 13.8 Å². The Labute approximate surface area is 133 Å². The maximum absolute atomic E-state index is 12.0. The van der Waals surface area contributed by atoms with Crippen LogP contribution >= 0.6 is 11.8 Å². The molecule has 0 unspecified atom stereocenters. The number of carbonyl (C=O) groups is 1. The summed E-state index contributed by atoms with van der Waals surface area (Å²) in [7, 11) is 0. The lowest BCUT2D eigenvalue weighted by Crippen LogP contribution is -2.15. The highest BCUT2D eigenvalue weighted by Crippen LogP contribution is 2.19. The molecule has 0 spiro atoms. The van der Waals surface area contributed by atoms with Gasteiger partial charge in [-0.25, -0.2) is 0 Å². The fourth-order valence-corrected chi connectivity index (χ4v) is 2.61. The van der Waals surface area contributed by atoms with Gasteiger partial charge in [-0.2, -0.15) is 0 Å². The van der Waals surface area contributed by atoms with Crippen molar-refractivity contribution in [1.29, 1.82) is 0 Å². The van der Waals surface area contributed by atoms with Crippen LogP contribution in [-0.4, -0.2) is 26.4 Å². The van der Waals surface area contributed by atoms with Crippen molar-refractivity contribution in [3.8, 4) is 0 Å². The number of aryl methyl sites for hydroxylation is 2. The van der Waals surface area contributed by atoms with Crippen molar-refractivity contribution < 1.29 is 4.79 Å². The van der Waals surface area contributed by atoms with E-state index >= 15 is 0 Å². The van der Waals surface area contributed by atoms with Crippen LogP contribution in [-0.2, 0) is 11.3 Å². The van der Waals surface area contributed by atoms with E-state index < -0.39 is 0 Å². The minimum Gasteiger partial charge on any atom is -0.368 e. The Morgan fingerprint density at radius 1 is 1.41 bits per heavy atom. The predicted molar refractivity (Wildman–Crippen MR) is 89.9 cm³/mol. The Morgan fingerprint density at radius 2 is 2.18 bits per heavy atom. The molecule has 1 aromatic heterocycles. The smallest absolute Gasteiger partial charge is 0.234 e. The van der Waals surface area contributed by atoms with E-state index in [1.165, 1.54) is 17.3 Å². The van der Waals surface area contributed by atoms with Crippen LogP contribution in [0.2, 0.25) is 0 Å². The summed E-state index contributed by atoms with van der Waals surface area (Å²) in [6, 6.07) is 5.83. The number of amides is 1. The van der Waals surface area contributed by atoms with Crippen molar-refractivity contribution in [2.24, 2.45) is 0 Å². The number of nitrogens with one attached hydrogen (secondary N) is 1. The summed E-state index contributed by atoms with van der Waals surface area (Å²) in [5, 5.41) is 11.2. The number of anilines is 2. The number of carbonyl (C=O) groups excluding carboxylic acids is 1. The lowest BCUT2D eigenvalue weighted by molar-refractivity contribution is -0.113. The third-order valence-electron chi connectivity index (χ3n) is 3.18. The standard InChI is InChI=1S/C15H19N5OS/c1-4-7-20-14(16)18-19-15(20)22-9-13(21)17-12-6-5-10(2)11(3)8-12/h4-6,8H,1,7,9H2,2-3H3,(H2,16,18)(H,17,21). The van der Waals surface area contributed by atoms with Crippen LogP contribution < -0.4 is 11.1 Å². The zero-order valence-corrected chi connectivity index (χ0v) is 13.5. The van der Waals surface area contributed by atoms with Crippen LogP contribution in [0.15, 0.2) is 36.0 Å². The van der Waals surface area contributed by atoms with E-state index in [1.807, 2.05) is 32.0 Å². The predicted octanol–water partition coefficient (Wildman–Crippen LogP) is 2.39. The molecule has 0 fully saturated rings. The Balaban J connectivity index is 1.95. The molecular formula is C15H19N5OS.